The van der Waals surface area contributed by atoms with Crippen molar-refractivity contribution in [2.24, 2.45) is 5.92 Å². The molecule has 0 saturated heterocycles. The molecule has 0 aliphatic carbocycles. The van der Waals surface area contributed by atoms with Gasteiger partial charge >= 0.3 is 0 Å². The number of likely N-dealkylation sites (N-methyl/N-ethyl adjacent to an activating group) is 1. The Balaban J connectivity index is 4.20. The molecule has 1 N–H and O–H groups in total. The second-order valence-electron chi connectivity index (χ2n) is 5.18. The van der Waals surface area contributed by atoms with E-state index in [4.69, 9.17) is 4.74 Å². The highest BCUT2D eigenvalue weighted by Gasteiger charge is 2.16. The zero-order valence-corrected chi connectivity index (χ0v) is 12.3. The first-order chi connectivity index (χ1) is 8.01. The van der Waals surface area contributed by atoms with Gasteiger partial charge in [-0.1, -0.05) is 32.9 Å². The van der Waals surface area contributed by atoms with E-state index in [0.29, 0.717) is 12.0 Å². The van der Waals surface area contributed by atoms with E-state index in [9.17, 15) is 0 Å². The van der Waals surface area contributed by atoms with Crippen LogP contribution >= 0.6 is 0 Å². The van der Waals surface area contributed by atoms with Crippen molar-refractivity contribution in [3.63, 3.8) is 0 Å². The van der Waals surface area contributed by atoms with Gasteiger partial charge in [0.15, 0.2) is 0 Å². The number of ether oxygens (including phenoxy) is 1. The maximum absolute atomic E-state index is 5.31. The van der Waals surface area contributed by atoms with E-state index in [2.05, 4.69) is 44.5 Å². The summed E-state index contributed by atoms with van der Waals surface area (Å²) in [5.41, 5.74) is 1.21. The Morgan fingerprint density at radius 1 is 1.35 bits per heavy atom. The van der Waals surface area contributed by atoms with Gasteiger partial charge in [-0.05, 0) is 25.9 Å². The van der Waals surface area contributed by atoms with Crippen molar-refractivity contribution >= 4 is 0 Å². The van der Waals surface area contributed by atoms with Gasteiger partial charge in [-0.15, -0.1) is 0 Å². The molecule has 0 fully saturated rings. The lowest BCUT2D eigenvalue weighted by atomic mass is 10.2. The second kappa shape index (κ2) is 9.63. The van der Waals surface area contributed by atoms with Gasteiger partial charge in [0.1, 0.15) is 0 Å². The zero-order chi connectivity index (χ0) is 13.3. The Labute approximate surface area is 107 Å². The van der Waals surface area contributed by atoms with Gasteiger partial charge in [0, 0.05) is 26.2 Å². The molecule has 0 rings (SSSR count). The molecule has 0 amide bonds. The molecule has 17 heavy (non-hydrogen) atoms. The fourth-order valence-electron chi connectivity index (χ4n) is 1.87. The van der Waals surface area contributed by atoms with Gasteiger partial charge in [-0.25, -0.2) is 0 Å². The molecule has 0 aromatic rings. The lowest BCUT2D eigenvalue weighted by molar-refractivity contribution is 0.0978. The lowest BCUT2D eigenvalue weighted by Crippen LogP contribution is -2.46. The van der Waals surface area contributed by atoms with Crippen molar-refractivity contribution in [2.45, 2.75) is 33.7 Å². The average molecular weight is 242 g/mol. The monoisotopic (exact) mass is 242 g/mol. The molecule has 0 bridgehead atoms. The molecular weight excluding hydrogens is 212 g/mol. The molecule has 1 atom stereocenters. The number of rotatable bonds is 10. The van der Waals surface area contributed by atoms with Crippen LogP contribution < -0.4 is 5.32 Å². The molecule has 3 nitrogen and oxygen atoms in total. The first-order valence-electron chi connectivity index (χ1n) is 6.59. The molecule has 0 aromatic carbocycles. The third-order valence-electron chi connectivity index (χ3n) is 2.69. The fourth-order valence-corrected chi connectivity index (χ4v) is 1.87. The van der Waals surface area contributed by atoms with Gasteiger partial charge in [0.05, 0.1) is 6.61 Å². The summed E-state index contributed by atoms with van der Waals surface area (Å²) >= 11 is 0. The molecule has 0 aliphatic heterocycles. The van der Waals surface area contributed by atoms with Crippen LogP contribution in [0.2, 0.25) is 0 Å². The van der Waals surface area contributed by atoms with Crippen LogP contribution in [0, 0.1) is 5.92 Å². The Hall–Kier alpha value is -0.380. The predicted octanol–water partition coefficient (Wildman–Crippen LogP) is 2.14. The van der Waals surface area contributed by atoms with Crippen molar-refractivity contribution in [1.29, 1.82) is 0 Å². The average Bonchev–Trinajstić information content (AvgIpc) is 2.24. The van der Waals surface area contributed by atoms with Crippen LogP contribution in [0.3, 0.4) is 0 Å². The van der Waals surface area contributed by atoms with Gasteiger partial charge in [0.25, 0.3) is 0 Å². The highest BCUT2D eigenvalue weighted by atomic mass is 16.5. The molecular formula is C14H30N2O. The Morgan fingerprint density at radius 3 is 2.41 bits per heavy atom. The Morgan fingerprint density at radius 2 is 2.00 bits per heavy atom. The molecule has 0 saturated carbocycles. The predicted molar refractivity (Wildman–Crippen MR) is 75.4 cm³/mol. The summed E-state index contributed by atoms with van der Waals surface area (Å²) in [6.45, 7) is 17.5. The summed E-state index contributed by atoms with van der Waals surface area (Å²) < 4.78 is 5.31. The van der Waals surface area contributed by atoms with Crippen molar-refractivity contribution in [3.8, 4) is 0 Å². The first kappa shape index (κ1) is 16.6. The highest BCUT2D eigenvalue weighted by Crippen LogP contribution is 2.03. The van der Waals surface area contributed by atoms with Crippen LogP contribution in [0.1, 0.15) is 27.7 Å². The number of methoxy groups -OCH3 is 1. The number of nitrogens with zero attached hydrogens (tertiary/aromatic N) is 1. The normalized spacial score (nSPS) is 13.4. The Bertz CT molecular complexity index is 204. The van der Waals surface area contributed by atoms with Crippen LogP contribution in [-0.4, -0.2) is 50.8 Å². The van der Waals surface area contributed by atoms with E-state index in [0.717, 1.165) is 32.8 Å². The van der Waals surface area contributed by atoms with Gasteiger partial charge in [-0.2, -0.15) is 0 Å². The standard InChI is InChI=1S/C14H30N2O/c1-7-16(10-13(4)5)14(11-17-6)9-15-8-12(2)3/h12,14-15H,4,7-11H2,1-3,5-6H3. The number of hydrogen-bond acceptors (Lipinski definition) is 3. The van der Waals surface area contributed by atoms with Crippen LogP contribution in [0.4, 0.5) is 0 Å². The topological polar surface area (TPSA) is 24.5 Å². The summed E-state index contributed by atoms with van der Waals surface area (Å²) in [6, 6.07) is 0.431. The quantitative estimate of drug-likeness (QED) is 0.594. The highest BCUT2D eigenvalue weighted by molar-refractivity contribution is 4.93. The minimum Gasteiger partial charge on any atom is -0.383 e. The molecule has 0 heterocycles. The molecule has 0 aliphatic rings. The summed E-state index contributed by atoms with van der Waals surface area (Å²) in [6.07, 6.45) is 0. The van der Waals surface area contributed by atoms with Crippen molar-refractivity contribution in [2.75, 3.05) is 39.9 Å². The van der Waals surface area contributed by atoms with Crippen molar-refractivity contribution < 1.29 is 4.74 Å². The van der Waals surface area contributed by atoms with Crippen LogP contribution in [0.25, 0.3) is 0 Å². The third-order valence-corrected chi connectivity index (χ3v) is 2.69. The summed E-state index contributed by atoms with van der Waals surface area (Å²) in [5, 5.41) is 3.51. The number of hydrogen-bond donors (Lipinski definition) is 1. The molecule has 102 valence electrons. The molecule has 0 spiro atoms. The van der Waals surface area contributed by atoms with Crippen molar-refractivity contribution in [1.82, 2.24) is 10.2 Å². The van der Waals surface area contributed by atoms with Crippen LogP contribution in [-0.2, 0) is 4.74 Å². The Kier molecular flexibility index (Phi) is 9.41. The van der Waals surface area contributed by atoms with Gasteiger partial charge < -0.3 is 10.1 Å². The maximum Gasteiger partial charge on any atom is 0.0630 e. The summed E-state index contributed by atoms with van der Waals surface area (Å²) in [5.74, 6) is 0.689. The van der Waals surface area contributed by atoms with E-state index < -0.39 is 0 Å². The van der Waals surface area contributed by atoms with Gasteiger partial charge in [-0.3, -0.25) is 4.90 Å². The fraction of sp³-hybridized carbons (Fsp3) is 0.857. The van der Waals surface area contributed by atoms with E-state index in [1.54, 1.807) is 7.11 Å². The van der Waals surface area contributed by atoms with Crippen LogP contribution in [0.5, 0.6) is 0 Å². The molecule has 3 heteroatoms. The van der Waals surface area contributed by atoms with Crippen LogP contribution in [0.15, 0.2) is 12.2 Å². The molecule has 0 radical (unpaired) electrons. The number of nitrogens with one attached hydrogen (secondary N) is 1. The van der Waals surface area contributed by atoms with Gasteiger partial charge in [0.2, 0.25) is 0 Å². The van der Waals surface area contributed by atoms with E-state index in [1.165, 1.54) is 5.57 Å². The minimum atomic E-state index is 0.431. The molecule has 0 aromatic heterocycles. The second-order valence-corrected chi connectivity index (χ2v) is 5.18. The minimum absolute atomic E-state index is 0.431. The van der Waals surface area contributed by atoms with E-state index in [1.807, 2.05) is 0 Å². The SMILES string of the molecule is C=C(C)CN(CC)C(CNCC(C)C)COC. The zero-order valence-electron chi connectivity index (χ0n) is 12.3. The molecule has 1 unspecified atom stereocenters. The summed E-state index contributed by atoms with van der Waals surface area (Å²) in [7, 11) is 1.77. The van der Waals surface area contributed by atoms with Crippen molar-refractivity contribution in [3.05, 3.63) is 12.2 Å². The van der Waals surface area contributed by atoms with E-state index >= 15 is 0 Å². The third kappa shape index (κ3) is 8.36. The van der Waals surface area contributed by atoms with E-state index in [-0.39, 0.29) is 0 Å². The first-order valence-corrected chi connectivity index (χ1v) is 6.59. The largest absolute Gasteiger partial charge is 0.383 e. The maximum atomic E-state index is 5.31. The lowest BCUT2D eigenvalue weighted by Gasteiger charge is -2.31. The summed E-state index contributed by atoms with van der Waals surface area (Å²) in [4.78, 5) is 2.42. The smallest absolute Gasteiger partial charge is 0.0630 e.